The highest BCUT2D eigenvalue weighted by Gasteiger charge is 2.29. The van der Waals surface area contributed by atoms with Gasteiger partial charge in [-0.05, 0) is 59.9 Å². The van der Waals surface area contributed by atoms with Crippen LogP contribution in [-0.4, -0.2) is 35.7 Å². The summed E-state index contributed by atoms with van der Waals surface area (Å²) >= 11 is 0. The van der Waals surface area contributed by atoms with E-state index in [0.29, 0.717) is 6.54 Å². The van der Waals surface area contributed by atoms with Crippen LogP contribution in [0.15, 0.2) is 0 Å². The smallest absolute Gasteiger partial charge is 0.324 e. The van der Waals surface area contributed by atoms with Crippen LogP contribution >= 0.6 is 0 Å². The van der Waals surface area contributed by atoms with Crippen molar-refractivity contribution < 1.29 is 19.1 Å². The number of esters is 2. The number of ether oxygens (including phenoxy) is 2. The molecule has 0 radical (unpaired) electrons. The highest BCUT2D eigenvalue weighted by Crippen LogP contribution is 2.18. The molecule has 0 aromatic heterocycles. The van der Waals surface area contributed by atoms with E-state index in [1.165, 1.54) is 0 Å². The number of carbonyl (C=O) groups excluding carboxylic acids is 2. The zero-order valence-corrected chi connectivity index (χ0v) is 16.3. The fraction of sp³-hybridized carbons (Fsp3) is 0.889. The van der Waals surface area contributed by atoms with Gasteiger partial charge in [0.15, 0.2) is 0 Å². The standard InChI is InChI=1S/C18H35NO4/c1-16(2,3)10-11-19-13(15(21)23-18(7,8)9)12-14(20)22-17(4,5)6/h13,19H,10-12H2,1-9H3/t13-/m0/s1. The third-order valence-corrected chi connectivity index (χ3v) is 2.75. The van der Waals surface area contributed by atoms with Gasteiger partial charge >= 0.3 is 11.9 Å². The van der Waals surface area contributed by atoms with Crippen LogP contribution in [0.25, 0.3) is 0 Å². The second kappa shape index (κ2) is 8.13. The van der Waals surface area contributed by atoms with Gasteiger partial charge in [-0.15, -0.1) is 0 Å². The van der Waals surface area contributed by atoms with Gasteiger partial charge in [0.2, 0.25) is 0 Å². The molecule has 1 N–H and O–H groups in total. The summed E-state index contributed by atoms with van der Waals surface area (Å²) in [6, 6.07) is -0.688. The van der Waals surface area contributed by atoms with Crippen molar-refractivity contribution in [2.24, 2.45) is 5.41 Å². The largest absolute Gasteiger partial charge is 0.460 e. The SMILES string of the molecule is CC(C)(C)CCN[C@@H](CC(=O)OC(C)(C)C)C(=O)OC(C)(C)C. The molecule has 0 saturated heterocycles. The van der Waals surface area contributed by atoms with Gasteiger partial charge in [0.05, 0.1) is 6.42 Å². The van der Waals surface area contributed by atoms with Crippen LogP contribution in [0.4, 0.5) is 0 Å². The van der Waals surface area contributed by atoms with E-state index in [1.807, 2.05) is 20.8 Å². The first-order valence-corrected chi connectivity index (χ1v) is 8.27. The fourth-order valence-electron chi connectivity index (χ4n) is 1.78. The Balaban J connectivity index is 4.79. The Morgan fingerprint density at radius 3 is 1.74 bits per heavy atom. The maximum atomic E-state index is 12.3. The molecule has 0 aliphatic heterocycles. The van der Waals surface area contributed by atoms with Crippen molar-refractivity contribution in [2.75, 3.05) is 6.54 Å². The van der Waals surface area contributed by atoms with E-state index in [4.69, 9.17) is 9.47 Å². The Morgan fingerprint density at radius 2 is 1.35 bits per heavy atom. The van der Waals surface area contributed by atoms with Gasteiger partial charge < -0.3 is 14.8 Å². The highest BCUT2D eigenvalue weighted by atomic mass is 16.6. The molecule has 0 fully saturated rings. The van der Waals surface area contributed by atoms with Crippen molar-refractivity contribution in [1.82, 2.24) is 5.32 Å². The lowest BCUT2D eigenvalue weighted by Gasteiger charge is -2.26. The molecule has 5 heteroatoms. The van der Waals surface area contributed by atoms with Crippen LogP contribution in [0, 0.1) is 5.41 Å². The molecule has 136 valence electrons. The summed E-state index contributed by atoms with van der Waals surface area (Å²) < 4.78 is 10.7. The molecule has 0 bridgehead atoms. The van der Waals surface area contributed by atoms with Gasteiger partial charge in [-0.2, -0.15) is 0 Å². The van der Waals surface area contributed by atoms with Crippen LogP contribution in [-0.2, 0) is 19.1 Å². The van der Waals surface area contributed by atoms with Crippen LogP contribution < -0.4 is 5.32 Å². The minimum absolute atomic E-state index is 0.0314. The van der Waals surface area contributed by atoms with Gasteiger partial charge in [0, 0.05) is 0 Å². The summed E-state index contributed by atoms with van der Waals surface area (Å²) in [5.41, 5.74) is -1.01. The van der Waals surface area contributed by atoms with E-state index in [-0.39, 0.29) is 11.8 Å². The summed E-state index contributed by atoms with van der Waals surface area (Å²) in [5, 5.41) is 3.14. The maximum Gasteiger partial charge on any atom is 0.324 e. The number of hydrogen-bond donors (Lipinski definition) is 1. The van der Waals surface area contributed by atoms with Crippen LogP contribution in [0.2, 0.25) is 0 Å². The summed E-state index contributed by atoms with van der Waals surface area (Å²) in [5.74, 6) is -0.825. The topological polar surface area (TPSA) is 64.6 Å². The van der Waals surface area contributed by atoms with Crippen molar-refractivity contribution in [2.45, 2.75) is 92.4 Å². The van der Waals surface area contributed by atoms with E-state index in [2.05, 4.69) is 26.1 Å². The minimum atomic E-state index is -0.688. The lowest BCUT2D eigenvalue weighted by molar-refractivity contribution is -0.164. The van der Waals surface area contributed by atoms with Gasteiger partial charge in [-0.1, -0.05) is 20.8 Å². The molecular formula is C18H35NO4. The Hall–Kier alpha value is -1.10. The normalized spacial score (nSPS) is 14.3. The van der Waals surface area contributed by atoms with E-state index in [0.717, 1.165) is 6.42 Å². The number of hydrogen-bond acceptors (Lipinski definition) is 5. The first kappa shape index (κ1) is 21.9. The molecule has 0 aromatic carbocycles. The van der Waals surface area contributed by atoms with Crippen LogP contribution in [0.1, 0.15) is 75.2 Å². The number of nitrogens with one attached hydrogen (secondary N) is 1. The molecular weight excluding hydrogens is 294 g/mol. The highest BCUT2D eigenvalue weighted by molar-refractivity contribution is 5.83. The molecule has 0 saturated carbocycles. The van der Waals surface area contributed by atoms with Gasteiger partial charge in [-0.25, -0.2) is 0 Å². The molecule has 0 spiro atoms. The second-order valence-corrected chi connectivity index (χ2v) is 9.14. The Labute approximate surface area is 141 Å². The molecule has 0 rings (SSSR count). The molecule has 0 unspecified atom stereocenters. The fourth-order valence-corrected chi connectivity index (χ4v) is 1.78. The lowest BCUT2D eigenvalue weighted by atomic mass is 9.92. The van der Waals surface area contributed by atoms with Crippen molar-refractivity contribution in [3.05, 3.63) is 0 Å². The van der Waals surface area contributed by atoms with Gasteiger partial charge in [0.25, 0.3) is 0 Å². The minimum Gasteiger partial charge on any atom is -0.460 e. The first-order valence-electron chi connectivity index (χ1n) is 8.27. The molecule has 0 heterocycles. The summed E-state index contributed by atoms with van der Waals surface area (Å²) in [6.07, 6.45) is 0.858. The van der Waals surface area contributed by atoms with Crippen molar-refractivity contribution >= 4 is 11.9 Å². The van der Waals surface area contributed by atoms with E-state index in [9.17, 15) is 9.59 Å². The monoisotopic (exact) mass is 329 g/mol. The van der Waals surface area contributed by atoms with Crippen molar-refractivity contribution in [3.63, 3.8) is 0 Å². The van der Waals surface area contributed by atoms with E-state index >= 15 is 0 Å². The Bertz CT molecular complexity index is 397. The predicted octanol–water partition coefficient (Wildman–Crippen LogP) is 3.45. The lowest BCUT2D eigenvalue weighted by Crippen LogP contribution is -2.44. The molecule has 0 aliphatic rings. The van der Waals surface area contributed by atoms with E-state index in [1.54, 1.807) is 20.8 Å². The number of rotatable bonds is 6. The molecule has 0 aliphatic carbocycles. The van der Waals surface area contributed by atoms with Crippen LogP contribution in [0.5, 0.6) is 0 Å². The average Bonchev–Trinajstić information content (AvgIpc) is 2.20. The maximum absolute atomic E-state index is 12.3. The summed E-state index contributed by atoms with van der Waals surface area (Å²) in [7, 11) is 0. The average molecular weight is 329 g/mol. The summed E-state index contributed by atoms with van der Waals surface area (Å²) in [4.78, 5) is 24.4. The third-order valence-electron chi connectivity index (χ3n) is 2.75. The first-order chi connectivity index (χ1) is 10.1. The predicted molar refractivity (Wildman–Crippen MR) is 92.2 cm³/mol. The quantitative estimate of drug-likeness (QED) is 0.756. The molecule has 5 nitrogen and oxygen atoms in total. The molecule has 1 atom stereocenters. The van der Waals surface area contributed by atoms with E-state index < -0.39 is 29.2 Å². The zero-order valence-electron chi connectivity index (χ0n) is 16.3. The van der Waals surface area contributed by atoms with Crippen molar-refractivity contribution in [3.8, 4) is 0 Å². The van der Waals surface area contributed by atoms with Crippen LogP contribution in [0.3, 0.4) is 0 Å². The molecule has 0 amide bonds. The summed E-state index contributed by atoms with van der Waals surface area (Å²) in [6.45, 7) is 17.9. The third kappa shape index (κ3) is 13.1. The van der Waals surface area contributed by atoms with Gasteiger partial charge in [-0.3, -0.25) is 9.59 Å². The molecule has 0 aromatic rings. The van der Waals surface area contributed by atoms with Crippen molar-refractivity contribution in [1.29, 1.82) is 0 Å². The zero-order chi connectivity index (χ0) is 18.5. The second-order valence-electron chi connectivity index (χ2n) is 9.14. The number of carbonyl (C=O) groups is 2. The molecule has 23 heavy (non-hydrogen) atoms. The Morgan fingerprint density at radius 1 is 0.870 bits per heavy atom. The Kier molecular flexibility index (Phi) is 7.74. The van der Waals surface area contributed by atoms with Gasteiger partial charge in [0.1, 0.15) is 17.2 Å².